The van der Waals surface area contributed by atoms with E-state index in [-0.39, 0.29) is 5.02 Å². The van der Waals surface area contributed by atoms with Crippen molar-refractivity contribution in [3.8, 4) is 0 Å². The van der Waals surface area contributed by atoms with Gasteiger partial charge in [0.25, 0.3) is 0 Å². The van der Waals surface area contributed by atoms with Crippen LogP contribution in [0, 0.1) is 5.82 Å². The van der Waals surface area contributed by atoms with E-state index in [1.165, 1.54) is 25.3 Å². The molecule has 1 aromatic carbocycles. The van der Waals surface area contributed by atoms with Crippen molar-refractivity contribution < 1.29 is 4.39 Å². The molecule has 0 bridgehead atoms. The van der Waals surface area contributed by atoms with E-state index >= 15 is 0 Å². The molecule has 0 saturated heterocycles. The van der Waals surface area contributed by atoms with Gasteiger partial charge in [-0.05, 0) is 43.3 Å². The quantitative estimate of drug-likeness (QED) is 0.827. The highest BCUT2D eigenvalue weighted by molar-refractivity contribution is 7.80. The third-order valence-corrected chi connectivity index (χ3v) is 4.24. The molecule has 1 saturated carbocycles. The summed E-state index contributed by atoms with van der Waals surface area (Å²) in [5, 5.41) is 3.81. The van der Waals surface area contributed by atoms with Gasteiger partial charge in [0.2, 0.25) is 0 Å². The fourth-order valence-corrected chi connectivity index (χ4v) is 3.02. The highest BCUT2D eigenvalue weighted by Crippen LogP contribution is 2.30. The number of halogens is 2. The predicted octanol–water partition coefficient (Wildman–Crippen LogP) is 4.12. The van der Waals surface area contributed by atoms with Crippen LogP contribution >= 0.6 is 23.8 Å². The van der Waals surface area contributed by atoms with Gasteiger partial charge in [-0.3, -0.25) is 0 Å². The number of anilines is 1. The normalized spacial score (nSPS) is 16.2. The molecule has 0 spiro atoms. The Bertz CT molecular complexity index is 461. The van der Waals surface area contributed by atoms with Crippen molar-refractivity contribution in [2.45, 2.75) is 38.1 Å². The second-order valence-corrected chi connectivity index (χ2v) is 5.61. The minimum atomic E-state index is -0.399. The molecule has 0 amide bonds. The first-order valence-corrected chi connectivity index (χ1v) is 7.38. The zero-order valence-corrected chi connectivity index (χ0v) is 12.5. The van der Waals surface area contributed by atoms with Crippen LogP contribution < -0.4 is 10.2 Å². The number of rotatable bonds is 2. The molecular formula is C14H18ClFN2S. The minimum Gasteiger partial charge on any atom is -0.365 e. The topological polar surface area (TPSA) is 15.3 Å². The summed E-state index contributed by atoms with van der Waals surface area (Å²) in [7, 11) is 1.81. The first-order valence-electron chi connectivity index (χ1n) is 6.59. The van der Waals surface area contributed by atoms with Crippen LogP contribution in [-0.2, 0) is 0 Å². The van der Waals surface area contributed by atoms with Crippen LogP contribution in [-0.4, -0.2) is 18.2 Å². The summed E-state index contributed by atoms with van der Waals surface area (Å²) in [4.78, 5) is 2.07. The van der Waals surface area contributed by atoms with Crippen molar-refractivity contribution in [2.75, 3.05) is 11.9 Å². The highest BCUT2D eigenvalue weighted by Gasteiger charge is 2.24. The lowest BCUT2D eigenvalue weighted by molar-refractivity contribution is 0.439. The monoisotopic (exact) mass is 300 g/mol. The molecule has 0 aliphatic heterocycles. The number of hydrogen-bond donors (Lipinski definition) is 1. The van der Waals surface area contributed by atoms with Gasteiger partial charge in [0.05, 0.1) is 5.02 Å². The Morgan fingerprint density at radius 2 is 2.05 bits per heavy atom. The van der Waals surface area contributed by atoms with Gasteiger partial charge < -0.3 is 10.2 Å². The Balaban J connectivity index is 2.30. The van der Waals surface area contributed by atoms with Crippen molar-refractivity contribution in [1.82, 2.24) is 5.32 Å². The molecule has 2 nitrogen and oxygen atoms in total. The van der Waals surface area contributed by atoms with Gasteiger partial charge in [-0.1, -0.05) is 30.9 Å². The third kappa shape index (κ3) is 3.37. The number of thiocarbonyl (C=S) groups is 1. The molecule has 1 fully saturated rings. The number of nitrogens with one attached hydrogen (secondary N) is 1. The van der Waals surface area contributed by atoms with E-state index in [2.05, 4.69) is 10.2 Å². The highest BCUT2D eigenvalue weighted by atomic mass is 35.5. The minimum absolute atomic E-state index is 0.136. The maximum atomic E-state index is 13.3. The average Bonchev–Trinajstić information content (AvgIpc) is 2.44. The van der Waals surface area contributed by atoms with Crippen molar-refractivity contribution in [3.63, 3.8) is 0 Å². The smallest absolute Gasteiger partial charge is 0.173 e. The van der Waals surface area contributed by atoms with Crippen molar-refractivity contribution in [1.29, 1.82) is 0 Å². The molecule has 19 heavy (non-hydrogen) atoms. The lowest BCUT2D eigenvalue weighted by Gasteiger charge is -2.36. The van der Waals surface area contributed by atoms with Crippen molar-refractivity contribution in [2.24, 2.45) is 0 Å². The molecule has 2 rings (SSSR count). The molecule has 0 aromatic heterocycles. The molecular weight excluding hydrogens is 283 g/mol. The number of nitrogens with zero attached hydrogens (tertiary/aromatic N) is 1. The predicted molar refractivity (Wildman–Crippen MR) is 82.4 cm³/mol. The third-order valence-electron chi connectivity index (χ3n) is 3.55. The number of hydrogen-bond acceptors (Lipinski definition) is 1. The second-order valence-electron chi connectivity index (χ2n) is 4.82. The summed E-state index contributed by atoms with van der Waals surface area (Å²) in [5.74, 6) is -0.399. The average molecular weight is 301 g/mol. The fourth-order valence-electron chi connectivity index (χ4n) is 2.59. The van der Waals surface area contributed by atoms with E-state index in [9.17, 15) is 4.39 Å². The van der Waals surface area contributed by atoms with E-state index in [0.29, 0.717) is 11.2 Å². The molecule has 1 aliphatic carbocycles. The summed E-state index contributed by atoms with van der Waals surface area (Å²) in [6.07, 6.45) is 5.92. The Morgan fingerprint density at radius 1 is 1.37 bits per heavy atom. The van der Waals surface area contributed by atoms with Crippen molar-refractivity contribution in [3.05, 3.63) is 29.0 Å². The fraction of sp³-hybridized carbons (Fsp3) is 0.500. The first kappa shape index (κ1) is 14.5. The Hall–Kier alpha value is -0.870. The first-order chi connectivity index (χ1) is 9.13. The summed E-state index contributed by atoms with van der Waals surface area (Å²) in [6, 6.07) is 5.15. The standard InChI is InChI=1S/C14H18ClFN2S/c1-17-14(19)18(10-5-3-2-4-6-10)11-7-8-13(16)12(15)9-11/h7-10H,2-6H2,1H3,(H,17,19). The van der Waals surface area contributed by atoms with Gasteiger partial charge in [-0.15, -0.1) is 0 Å². The van der Waals surface area contributed by atoms with Crippen LogP contribution in [0.1, 0.15) is 32.1 Å². The van der Waals surface area contributed by atoms with Crippen LogP contribution in [0.2, 0.25) is 5.02 Å². The van der Waals surface area contributed by atoms with Gasteiger partial charge >= 0.3 is 0 Å². The molecule has 0 atom stereocenters. The van der Waals surface area contributed by atoms with Gasteiger partial charge in [0.15, 0.2) is 5.11 Å². The lowest BCUT2D eigenvalue weighted by atomic mass is 9.94. The van der Waals surface area contributed by atoms with E-state index < -0.39 is 5.82 Å². The summed E-state index contributed by atoms with van der Waals surface area (Å²) < 4.78 is 13.3. The van der Waals surface area contributed by atoms with Crippen molar-refractivity contribution >= 4 is 34.6 Å². The van der Waals surface area contributed by atoms with Gasteiger partial charge in [-0.25, -0.2) is 4.39 Å². The SMILES string of the molecule is CNC(=S)N(c1ccc(F)c(Cl)c1)C1CCCCC1. The molecule has 5 heteroatoms. The Morgan fingerprint density at radius 3 is 2.63 bits per heavy atom. The van der Waals surface area contributed by atoms with E-state index in [1.807, 2.05) is 7.05 Å². The van der Waals surface area contributed by atoms with Crippen LogP contribution in [0.5, 0.6) is 0 Å². The largest absolute Gasteiger partial charge is 0.365 e. The zero-order chi connectivity index (χ0) is 13.8. The Kier molecular flexibility index (Phi) is 4.99. The molecule has 0 unspecified atom stereocenters. The summed E-state index contributed by atoms with van der Waals surface area (Å²) >= 11 is 11.3. The molecule has 104 valence electrons. The maximum absolute atomic E-state index is 13.3. The van der Waals surface area contributed by atoms with Gasteiger partial charge in [-0.2, -0.15) is 0 Å². The molecule has 1 aromatic rings. The van der Waals surface area contributed by atoms with Crippen LogP contribution in [0.25, 0.3) is 0 Å². The Labute approximate surface area is 123 Å². The second kappa shape index (κ2) is 6.53. The molecule has 1 aliphatic rings. The summed E-state index contributed by atoms with van der Waals surface area (Å²) in [6.45, 7) is 0. The summed E-state index contributed by atoms with van der Waals surface area (Å²) in [5.41, 5.74) is 0.859. The molecule has 0 radical (unpaired) electrons. The van der Waals surface area contributed by atoms with Crippen LogP contribution in [0.15, 0.2) is 18.2 Å². The molecule has 1 N–H and O–H groups in total. The lowest BCUT2D eigenvalue weighted by Crippen LogP contribution is -2.46. The van der Waals surface area contributed by atoms with E-state index in [0.717, 1.165) is 18.5 Å². The zero-order valence-electron chi connectivity index (χ0n) is 11.0. The van der Waals surface area contributed by atoms with E-state index in [1.54, 1.807) is 12.1 Å². The maximum Gasteiger partial charge on any atom is 0.173 e. The van der Waals surface area contributed by atoms with Crippen LogP contribution in [0.4, 0.5) is 10.1 Å². The van der Waals surface area contributed by atoms with E-state index in [4.69, 9.17) is 23.8 Å². The van der Waals surface area contributed by atoms with Gasteiger partial charge in [0, 0.05) is 18.8 Å². The molecule has 0 heterocycles. The number of benzene rings is 1. The van der Waals surface area contributed by atoms with Gasteiger partial charge in [0.1, 0.15) is 5.82 Å². The van der Waals surface area contributed by atoms with Crippen LogP contribution in [0.3, 0.4) is 0 Å².